The van der Waals surface area contributed by atoms with Crippen LogP contribution in [0.1, 0.15) is 25.0 Å². The topological polar surface area (TPSA) is 48.9 Å². The Hall–Kier alpha value is -1.02. The van der Waals surface area contributed by atoms with E-state index in [-0.39, 0.29) is 29.5 Å². The van der Waals surface area contributed by atoms with Gasteiger partial charge in [-0.3, -0.25) is 4.99 Å². The van der Waals surface area contributed by atoms with Crippen LogP contribution in [-0.2, 0) is 6.42 Å². The highest BCUT2D eigenvalue weighted by Gasteiger charge is 2.20. The summed E-state index contributed by atoms with van der Waals surface area (Å²) >= 11 is 0. The zero-order valence-corrected chi connectivity index (χ0v) is 18.4. The smallest absolute Gasteiger partial charge is 0.191 e. The van der Waals surface area contributed by atoms with Gasteiger partial charge in [0.25, 0.3) is 0 Å². The summed E-state index contributed by atoms with van der Waals surface area (Å²) in [4.78, 5) is 6.48. The number of nitrogens with zero attached hydrogens (tertiary/aromatic N) is 2. The molecule has 0 amide bonds. The van der Waals surface area contributed by atoms with Crippen LogP contribution in [0.3, 0.4) is 0 Å². The molecular weight excluding hydrogens is 415 g/mol. The Balaban J connectivity index is 0.00000529. The third kappa shape index (κ3) is 7.25. The number of benzene rings is 1. The van der Waals surface area contributed by atoms with Crippen molar-refractivity contribution in [3.63, 3.8) is 0 Å². The molecule has 5 nitrogen and oxygen atoms in total. The van der Waals surface area contributed by atoms with Gasteiger partial charge < -0.3 is 20.3 Å². The van der Waals surface area contributed by atoms with E-state index in [1.54, 1.807) is 14.2 Å². The zero-order valence-electron chi connectivity index (χ0n) is 16.1. The first kappa shape index (κ1) is 23.0. The number of hydrogen-bond donors (Lipinski definition) is 2. The maximum absolute atomic E-state index is 5.37. The molecule has 0 saturated heterocycles. The minimum absolute atomic E-state index is 0. The van der Waals surface area contributed by atoms with E-state index in [1.165, 1.54) is 5.56 Å². The van der Waals surface area contributed by atoms with Crippen molar-refractivity contribution in [1.29, 1.82) is 0 Å². The molecule has 0 radical (unpaired) electrons. The van der Waals surface area contributed by atoms with Crippen molar-refractivity contribution in [3.05, 3.63) is 29.3 Å². The van der Waals surface area contributed by atoms with Crippen LogP contribution in [0.15, 0.2) is 23.2 Å². The maximum Gasteiger partial charge on any atom is 0.191 e. The Morgan fingerprint density at radius 3 is 2.46 bits per heavy atom. The standard InChI is InChI=1S/C18H32N4O.HI/c1-14-8-9-15(12-16(14)23-7)10-11-20-17(19-4)21-13-18(2,3)22(5)6;/h8-9,12H,10-11,13H2,1-7H3,(H2,19,20,21);1H. The van der Waals surface area contributed by atoms with Crippen LogP contribution in [0, 0.1) is 6.92 Å². The third-order valence-corrected chi connectivity index (χ3v) is 4.30. The van der Waals surface area contributed by atoms with Crippen molar-refractivity contribution in [2.45, 2.75) is 32.7 Å². The molecule has 0 aliphatic heterocycles. The van der Waals surface area contributed by atoms with Crippen LogP contribution in [-0.4, -0.2) is 57.7 Å². The summed E-state index contributed by atoms with van der Waals surface area (Å²) in [7, 11) is 7.68. The molecule has 0 bridgehead atoms. The Bertz CT molecular complexity index is 530. The number of nitrogens with one attached hydrogen (secondary N) is 2. The van der Waals surface area contributed by atoms with Gasteiger partial charge in [-0.1, -0.05) is 12.1 Å². The summed E-state index contributed by atoms with van der Waals surface area (Å²) < 4.78 is 5.37. The monoisotopic (exact) mass is 448 g/mol. The van der Waals surface area contributed by atoms with Crippen molar-refractivity contribution in [2.24, 2.45) is 4.99 Å². The fraction of sp³-hybridized carbons (Fsp3) is 0.611. The highest BCUT2D eigenvalue weighted by atomic mass is 127. The quantitative estimate of drug-likeness (QED) is 0.383. The molecule has 1 aromatic rings. The summed E-state index contributed by atoms with van der Waals surface area (Å²) in [6.45, 7) is 8.11. The Labute approximate surface area is 164 Å². The number of hydrogen-bond acceptors (Lipinski definition) is 3. The van der Waals surface area contributed by atoms with E-state index in [1.807, 2.05) is 0 Å². The molecule has 6 heteroatoms. The van der Waals surface area contributed by atoms with Crippen molar-refractivity contribution < 1.29 is 4.74 Å². The summed E-state index contributed by atoms with van der Waals surface area (Å²) in [5.74, 6) is 1.77. The van der Waals surface area contributed by atoms with Crippen LogP contribution in [0.2, 0.25) is 0 Å². The van der Waals surface area contributed by atoms with E-state index in [0.29, 0.717) is 0 Å². The first-order valence-electron chi connectivity index (χ1n) is 8.05. The molecule has 2 N–H and O–H groups in total. The van der Waals surface area contributed by atoms with Gasteiger partial charge in [-0.2, -0.15) is 0 Å². The highest BCUT2D eigenvalue weighted by Crippen LogP contribution is 2.18. The van der Waals surface area contributed by atoms with E-state index >= 15 is 0 Å². The van der Waals surface area contributed by atoms with Gasteiger partial charge in [-0.15, -0.1) is 24.0 Å². The van der Waals surface area contributed by atoms with Gasteiger partial charge in [0.1, 0.15) is 5.75 Å². The lowest BCUT2D eigenvalue weighted by Gasteiger charge is -2.33. The second-order valence-corrected chi connectivity index (χ2v) is 6.61. The van der Waals surface area contributed by atoms with Gasteiger partial charge in [-0.05, 0) is 58.5 Å². The third-order valence-electron chi connectivity index (χ3n) is 4.30. The highest BCUT2D eigenvalue weighted by molar-refractivity contribution is 14.0. The molecule has 0 unspecified atom stereocenters. The summed E-state index contributed by atoms with van der Waals surface area (Å²) in [6.07, 6.45) is 0.925. The van der Waals surface area contributed by atoms with Gasteiger partial charge in [0.15, 0.2) is 5.96 Å². The maximum atomic E-state index is 5.37. The number of likely N-dealkylation sites (N-methyl/N-ethyl adjacent to an activating group) is 1. The SMILES string of the molecule is CN=C(NCCc1ccc(C)c(OC)c1)NCC(C)(C)N(C)C.I. The molecule has 0 heterocycles. The number of halogens is 1. The molecule has 0 aliphatic carbocycles. The van der Waals surface area contributed by atoms with Crippen molar-refractivity contribution in [1.82, 2.24) is 15.5 Å². The van der Waals surface area contributed by atoms with Crippen LogP contribution in [0.4, 0.5) is 0 Å². The van der Waals surface area contributed by atoms with Crippen LogP contribution in [0.5, 0.6) is 5.75 Å². The first-order chi connectivity index (χ1) is 10.8. The first-order valence-corrected chi connectivity index (χ1v) is 8.05. The molecule has 1 aromatic carbocycles. The van der Waals surface area contributed by atoms with Gasteiger partial charge in [0.2, 0.25) is 0 Å². The molecule has 0 fully saturated rings. The molecule has 1 rings (SSSR count). The zero-order chi connectivity index (χ0) is 17.5. The predicted octanol–water partition coefficient (Wildman–Crippen LogP) is 2.67. The second kappa shape index (κ2) is 10.8. The number of rotatable bonds is 7. The lowest BCUT2D eigenvalue weighted by molar-refractivity contribution is 0.197. The Kier molecular flexibility index (Phi) is 10.3. The average molecular weight is 448 g/mol. The number of aliphatic imine (C=N–C) groups is 1. The summed E-state index contributed by atoms with van der Waals surface area (Å²) in [5, 5.41) is 6.74. The van der Waals surface area contributed by atoms with Crippen LogP contribution < -0.4 is 15.4 Å². The van der Waals surface area contributed by atoms with E-state index < -0.39 is 0 Å². The average Bonchev–Trinajstić information content (AvgIpc) is 2.51. The predicted molar refractivity (Wildman–Crippen MR) is 114 cm³/mol. The minimum atomic E-state index is 0. The molecule has 24 heavy (non-hydrogen) atoms. The molecule has 0 spiro atoms. The lowest BCUT2D eigenvalue weighted by atomic mass is 10.0. The van der Waals surface area contributed by atoms with Crippen LogP contribution in [0.25, 0.3) is 0 Å². The number of ether oxygens (including phenoxy) is 1. The normalized spacial score (nSPS) is 11.9. The number of methoxy groups -OCH3 is 1. The number of aryl methyl sites for hydroxylation is 1. The van der Waals surface area contributed by atoms with E-state index in [2.05, 4.69) is 73.6 Å². The van der Waals surface area contributed by atoms with Crippen molar-refractivity contribution in [2.75, 3.05) is 41.3 Å². The molecule has 0 saturated carbocycles. The fourth-order valence-electron chi connectivity index (χ4n) is 2.02. The van der Waals surface area contributed by atoms with Crippen molar-refractivity contribution >= 4 is 29.9 Å². The van der Waals surface area contributed by atoms with Gasteiger partial charge in [0, 0.05) is 25.7 Å². The molecular formula is C18H33IN4O. The summed E-state index contributed by atoms with van der Waals surface area (Å²) in [5.41, 5.74) is 2.48. The molecule has 0 aromatic heterocycles. The largest absolute Gasteiger partial charge is 0.496 e. The molecule has 0 atom stereocenters. The summed E-state index contributed by atoms with van der Waals surface area (Å²) in [6, 6.07) is 6.34. The van der Waals surface area contributed by atoms with Gasteiger partial charge in [0.05, 0.1) is 7.11 Å². The van der Waals surface area contributed by atoms with E-state index in [0.717, 1.165) is 36.8 Å². The second-order valence-electron chi connectivity index (χ2n) is 6.61. The van der Waals surface area contributed by atoms with Crippen LogP contribution >= 0.6 is 24.0 Å². The van der Waals surface area contributed by atoms with E-state index in [4.69, 9.17) is 4.74 Å². The Morgan fingerprint density at radius 1 is 1.25 bits per heavy atom. The minimum Gasteiger partial charge on any atom is -0.496 e. The Morgan fingerprint density at radius 2 is 1.92 bits per heavy atom. The fourth-order valence-corrected chi connectivity index (χ4v) is 2.02. The van der Waals surface area contributed by atoms with Crippen molar-refractivity contribution in [3.8, 4) is 5.75 Å². The lowest BCUT2D eigenvalue weighted by Crippen LogP contribution is -2.51. The van der Waals surface area contributed by atoms with E-state index in [9.17, 15) is 0 Å². The van der Waals surface area contributed by atoms with Gasteiger partial charge in [-0.25, -0.2) is 0 Å². The molecule has 138 valence electrons. The number of guanidine groups is 1. The molecule has 0 aliphatic rings. The van der Waals surface area contributed by atoms with Gasteiger partial charge >= 0.3 is 0 Å².